The number of halogens is 4. The van der Waals surface area contributed by atoms with Gasteiger partial charge in [0.1, 0.15) is 11.5 Å². The Hall–Kier alpha value is -0.870. The van der Waals surface area contributed by atoms with Gasteiger partial charge in [-0.3, -0.25) is 4.98 Å². The maximum atomic E-state index is 13.5. The van der Waals surface area contributed by atoms with Gasteiger partial charge in [-0.1, -0.05) is 40.9 Å². The van der Waals surface area contributed by atoms with Crippen molar-refractivity contribution in [1.82, 2.24) is 4.98 Å². The lowest BCUT2D eigenvalue weighted by Gasteiger charge is -2.08. The van der Waals surface area contributed by atoms with E-state index < -0.39 is 12.4 Å². The lowest BCUT2D eigenvalue weighted by Crippen LogP contribution is -1.95. The zero-order valence-electron chi connectivity index (χ0n) is 8.92. The summed E-state index contributed by atoms with van der Waals surface area (Å²) in [5.41, 5.74) is 0.977. The number of aliphatic hydroxyl groups excluding tert-OH is 1. The molecule has 0 unspecified atom stereocenters. The first-order valence-electron chi connectivity index (χ1n) is 4.93. The third-order valence-corrected chi connectivity index (χ3v) is 3.71. The van der Waals surface area contributed by atoms with Gasteiger partial charge in [0.05, 0.1) is 21.7 Å². The van der Waals surface area contributed by atoms with Crippen LogP contribution in [0.1, 0.15) is 5.69 Å². The second-order valence-electron chi connectivity index (χ2n) is 3.53. The molecule has 0 saturated heterocycles. The van der Waals surface area contributed by atoms with Crippen LogP contribution in [0.25, 0.3) is 11.1 Å². The Labute approximate surface area is 118 Å². The van der Waals surface area contributed by atoms with E-state index in [0.717, 1.165) is 0 Å². The summed E-state index contributed by atoms with van der Waals surface area (Å²) in [6.07, 6.45) is 1.42. The second kappa shape index (κ2) is 5.41. The van der Waals surface area contributed by atoms with E-state index in [9.17, 15) is 4.39 Å². The van der Waals surface area contributed by atoms with Crippen molar-refractivity contribution in [1.29, 1.82) is 0 Å². The highest BCUT2D eigenvalue weighted by Crippen LogP contribution is 2.37. The van der Waals surface area contributed by atoms with Gasteiger partial charge in [0, 0.05) is 17.3 Å². The summed E-state index contributed by atoms with van der Waals surface area (Å²) in [7, 11) is 0. The molecule has 0 spiro atoms. The van der Waals surface area contributed by atoms with Crippen LogP contribution in [0.4, 0.5) is 4.39 Å². The van der Waals surface area contributed by atoms with E-state index in [1.165, 1.54) is 12.3 Å². The standard InChI is InChI=1S/C12H7Cl3FNO/c13-8-2-1-7(11(14)12(8)15)6-3-9(16)10(5-18)17-4-6/h1-4,18H,5H2. The van der Waals surface area contributed by atoms with E-state index >= 15 is 0 Å². The highest BCUT2D eigenvalue weighted by molar-refractivity contribution is 6.49. The maximum absolute atomic E-state index is 13.5. The molecule has 94 valence electrons. The molecule has 0 aliphatic heterocycles. The highest BCUT2D eigenvalue weighted by Gasteiger charge is 2.12. The van der Waals surface area contributed by atoms with Crippen molar-refractivity contribution in [3.63, 3.8) is 0 Å². The van der Waals surface area contributed by atoms with Crippen molar-refractivity contribution < 1.29 is 9.50 Å². The topological polar surface area (TPSA) is 33.1 Å². The number of hydrogen-bond donors (Lipinski definition) is 1. The Kier molecular flexibility index (Phi) is 4.07. The van der Waals surface area contributed by atoms with E-state index in [-0.39, 0.29) is 15.7 Å². The molecule has 2 nitrogen and oxygen atoms in total. The first-order chi connectivity index (χ1) is 8.54. The average molecular weight is 307 g/mol. The third-order valence-electron chi connectivity index (χ3n) is 2.41. The maximum Gasteiger partial charge on any atom is 0.147 e. The molecule has 0 saturated carbocycles. The molecule has 1 N–H and O–H groups in total. The number of benzene rings is 1. The molecule has 1 aromatic heterocycles. The second-order valence-corrected chi connectivity index (χ2v) is 4.70. The van der Waals surface area contributed by atoms with Gasteiger partial charge >= 0.3 is 0 Å². The van der Waals surface area contributed by atoms with E-state index in [4.69, 9.17) is 39.9 Å². The summed E-state index contributed by atoms with van der Waals surface area (Å²) in [5, 5.41) is 9.62. The summed E-state index contributed by atoms with van der Waals surface area (Å²) in [6.45, 7) is -0.457. The van der Waals surface area contributed by atoms with E-state index in [1.54, 1.807) is 12.1 Å². The summed E-state index contributed by atoms with van der Waals surface area (Å²) >= 11 is 17.8. The van der Waals surface area contributed by atoms with Crippen LogP contribution in [0.15, 0.2) is 24.4 Å². The summed E-state index contributed by atoms with van der Waals surface area (Å²) in [5.74, 6) is -0.600. The van der Waals surface area contributed by atoms with E-state index in [0.29, 0.717) is 16.1 Å². The highest BCUT2D eigenvalue weighted by atomic mass is 35.5. The summed E-state index contributed by atoms with van der Waals surface area (Å²) in [6, 6.07) is 4.44. The number of rotatable bonds is 2. The molecule has 2 aromatic rings. The fourth-order valence-corrected chi connectivity index (χ4v) is 2.12. The van der Waals surface area contributed by atoms with E-state index in [1.807, 2.05) is 0 Å². The molecule has 0 amide bonds. The molecule has 0 atom stereocenters. The molecule has 0 bridgehead atoms. The molecule has 0 aliphatic rings. The van der Waals surface area contributed by atoms with Gasteiger partial charge in [0.2, 0.25) is 0 Å². The van der Waals surface area contributed by atoms with Crippen LogP contribution < -0.4 is 0 Å². The summed E-state index contributed by atoms with van der Waals surface area (Å²) < 4.78 is 13.5. The largest absolute Gasteiger partial charge is 0.390 e. The van der Waals surface area contributed by atoms with Crippen LogP contribution in [0.5, 0.6) is 0 Å². The predicted octanol–water partition coefficient (Wildman–Crippen LogP) is 4.34. The van der Waals surface area contributed by atoms with Crippen LogP contribution >= 0.6 is 34.8 Å². The van der Waals surface area contributed by atoms with Gasteiger partial charge in [0.25, 0.3) is 0 Å². The molecular weight excluding hydrogens is 299 g/mol. The quantitative estimate of drug-likeness (QED) is 0.837. The number of aliphatic hydroxyl groups is 1. The minimum atomic E-state index is -0.600. The SMILES string of the molecule is OCc1ncc(-c2ccc(Cl)c(Cl)c2Cl)cc1F. The first-order valence-corrected chi connectivity index (χ1v) is 6.07. The van der Waals surface area contributed by atoms with Crippen molar-refractivity contribution in [2.75, 3.05) is 0 Å². The minimum Gasteiger partial charge on any atom is -0.390 e. The minimum absolute atomic E-state index is 0.0186. The Morgan fingerprint density at radius 3 is 2.50 bits per heavy atom. The molecule has 6 heteroatoms. The van der Waals surface area contributed by atoms with Gasteiger partial charge in [0.15, 0.2) is 0 Å². The molecule has 0 fully saturated rings. The fraction of sp³-hybridized carbons (Fsp3) is 0.0833. The van der Waals surface area contributed by atoms with Crippen molar-refractivity contribution in [2.24, 2.45) is 0 Å². The normalized spacial score (nSPS) is 10.7. The molecule has 18 heavy (non-hydrogen) atoms. The van der Waals surface area contributed by atoms with E-state index in [2.05, 4.69) is 4.98 Å². The molecule has 2 rings (SSSR count). The van der Waals surface area contributed by atoms with Crippen molar-refractivity contribution in [3.05, 3.63) is 51.0 Å². The van der Waals surface area contributed by atoms with Gasteiger partial charge in [-0.15, -0.1) is 0 Å². The monoisotopic (exact) mass is 305 g/mol. The smallest absolute Gasteiger partial charge is 0.147 e. The number of nitrogens with zero attached hydrogens (tertiary/aromatic N) is 1. The van der Waals surface area contributed by atoms with Crippen LogP contribution in [0, 0.1) is 5.82 Å². The number of aromatic nitrogens is 1. The molecule has 0 aliphatic carbocycles. The van der Waals surface area contributed by atoms with Crippen LogP contribution in [0.3, 0.4) is 0 Å². The Morgan fingerprint density at radius 2 is 1.89 bits per heavy atom. The number of hydrogen-bond acceptors (Lipinski definition) is 2. The van der Waals surface area contributed by atoms with Gasteiger partial charge in [-0.2, -0.15) is 0 Å². The average Bonchev–Trinajstić information content (AvgIpc) is 2.36. The van der Waals surface area contributed by atoms with Crippen LogP contribution in [-0.2, 0) is 6.61 Å². The Bertz CT molecular complexity index is 604. The molecular formula is C12H7Cl3FNO. The van der Waals surface area contributed by atoms with Crippen LogP contribution in [-0.4, -0.2) is 10.1 Å². The van der Waals surface area contributed by atoms with Crippen LogP contribution in [0.2, 0.25) is 15.1 Å². The van der Waals surface area contributed by atoms with Crippen molar-refractivity contribution >= 4 is 34.8 Å². The third kappa shape index (κ3) is 2.45. The van der Waals surface area contributed by atoms with Gasteiger partial charge in [-0.05, 0) is 12.1 Å². The van der Waals surface area contributed by atoms with Crippen molar-refractivity contribution in [2.45, 2.75) is 6.61 Å². The number of pyridine rings is 1. The summed E-state index contributed by atoms with van der Waals surface area (Å²) in [4.78, 5) is 3.81. The van der Waals surface area contributed by atoms with Crippen molar-refractivity contribution in [3.8, 4) is 11.1 Å². The first kappa shape index (κ1) is 13.6. The zero-order valence-corrected chi connectivity index (χ0v) is 11.2. The lowest BCUT2D eigenvalue weighted by atomic mass is 10.1. The Morgan fingerprint density at radius 1 is 1.17 bits per heavy atom. The van der Waals surface area contributed by atoms with Gasteiger partial charge < -0.3 is 5.11 Å². The fourth-order valence-electron chi connectivity index (χ4n) is 1.48. The molecule has 0 radical (unpaired) electrons. The van der Waals surface area contributed by atoms with Gasteiger partial charge in [-0.25, -0.2) is 4.39 Å². The molecule has 1 aromatic carbocycles. The Balaban J connectivity index is 2.56. The lowest BCUT2D eigenvalue weighted by molar-refractivity contribution is 0.270. The molecule has 1 heterocycles. The predicted molar refractivity (Wildman–Crippen MR) is 70.6 cm³/mol. The zero-order chi connectivity index (χ0) is 13.3.